The van der Waals surface area contributed by atoms with Crippen molar-refractivity contribution in [3.63, 3.8) is 0 Å². The van der Waals surface area contributed by atoms with Crippen LogP contribution in [0.2, 0.25) is 0 Å². The van der Waals surface area contributed by atoms with Gasteiger partial charge in [0.05, 0.1) is 0 Å². The van der Waals surface area contributed by atoms with Crippen molar-refractivity contribution >= 4 is 21.7 Å². The van der Waals surface area contributed by atoms with Gasteiger partial charge in [-0.25, -0.2) is 0 Å². The third-order valence-corrected chi connectivity index (χ3v) is 1.45. The molecule has 0 aliphatic rings. The summed E-state index contributed by atoms with van der Waals surface area (Å²) in [5, 5.41) is 0. The summed E-state index contributed by atoms with van der Waals surface area (Å²) in [7, 11) is 9.89. The van der Waals surface area contributed by atoms with E-state index in [9.17, 15) is 0 Å². The van der Waals surface area contributed by atoms with Gasteiger partial charge in [-0.05, 0) is 0 Å². The first-order valence-corrected chi connectivity index (χ1v) is 3.70. The van der Waals surface area contributed by atoms with Crippen molar-refractivity contribution in [3.05, 3.63) is 0 Å². The van der Waals surface area contributed by atoms with Gasteiger partial charge in [0.1, 0.15) is 0 Å². The molecule has 0 aliphatic carbocycles. The SMILES string of the molecule is [B]P(#B)CCC. The van der Waals surface area contributed by atoms with Gasteiger partial charge in [0.15, 0.2) is 0 Å². The quantitative estimate of drug-likeness (QED) is 0.337. The second-order valence-electron chi connectivity index (χ2n) is 1.24. The van der Waals surface area contributed by atoms with Gasteiger partial charge >= 0.3 is 41.2 Å². The topological polar surface area (TPSA) is 0 Å². The molecule has 0 amide bonds. The fraction of sp³-hybridized carbons (Fsp3) is 1.00. The second-order valence-corrected chi connectivity index (χ2v) is 2.71. The Morgan fingerprint density at radius 3 is 2.17 bits per heavy atom. The summed E-state index contributed by atoms with van der Waals surface area (Å²) < 4.78 is 0. The van der Waals surface area contributed by atoms with Gasteiger partial charge in [-0.2, -0.15) is 0 Å². The maximum absolute atomic E-state index is 5.25. The molecule has 0 aromatic heterocycles. The summed E-state index contributed by atoms with van der Waals surface area (Å²) in [6, 6.07) is 0. The minimum absolute atomic E-state index is 0.601. The fourth-order valence-corrected chi connectivity index (χ4v) is 0.775. The molecule has 0 fully saturated rings. The van der Waals surface area contributed by atoms with Crippen LogP contribution in [0.3, 0.4) is 0 Å². The van der Waals surface area contributed by atoms with E-state index in [-0.39, 0.29) is 0 Å². The molecule has 0 nitrogen and oxygen atoms in total. The van der Waals surface area contributed by atoms with Gasteiger partial charge in [0.2, 0.25) is 0 Å². The van der Waals surface area contributed by atoms with Crippen molar-refractivity contribution in [2.24, 2.45) is 0 Å². The molecule has 0 aromatic rings. The zero-order chi connectivity index (χ0) is 4.99. The van der Waals surface area contributed by atoms with Crippen LogP contribution < -0.4 is 0 Å². The Morgan fingerprint density at radius 2 is 2.17 bits per heavy atom. The Morgan fingerprint density at radius 1 is 1.67 bits per heavy atom. The van der Waals surface area contributed by atoms with Crippen molar-refractivity contribution in [1.29, 1.82) is 0 Å². The summed E-state index contributed by atoms with van der Waals surface area (Å²) in [6.45, 7) is 2.08. The molecule has 0 spiro atoms. The Balaban J connectivity index is 2.91. The van der Waals surface area contributed by atoms with Gasteiger partial charge in [-0.15, -0.1) is 0 Å². The normalized spacial score (nSPS) is 11.5. The molecule has 2 radical (unpaired) electrons. The summed E-state index contributed by atoms with van der Waals surface area (Å²) >= 11 is 0. The van der Waals surface area contributed by atoms with Gasteiger partial charge in [0, 0.05) is 0 Å². The van der Waals surface area contributed by atoms with E-state index in [1.54, 1.807) is 0 Å². The second kappa shape index (κ2) is 3.61. The molecule has 0 aliphatic heterocycles. The van der Waals surface area contributed by atoms with Gasteiger partial charge in [-0.3, -0.25) is 0 Å². The molecule has 0 heterocycles. The molecular weight excluding hydrogens is 88.6 g/mol. The van der Waals surface area contributed by atoms with E-state index in [4.69, 9.17) is 14.6 Å². The third kappa shape index (κ3) is 4.43. The van der Waals surface area contributed by atoms with Crippen molar-refractivity contribution < 1.29 is 0 Å². The summed E-state index contributed by atoms with van der Waals surface area (Å²) in [6.07, 6.45) is 2.11. The van der Waals surface area contributed by atoms with Crippen LogP contribution in [0, 0.1) is 0 Å². The van der Waals surface area contributed by atoms with Crippen LogP contribution in [0.15, 0.2) is 0 Å². The molecule has 0 saturated heterocycles. The fourth-order valence-electron chi connectivity index (χ4n) is 0.258. The van der Waals surface area contributed by atoms with E-state index >= 15 is 0 Å². The Labute approximate surface area is 42.1 Å². The Hall–Kier alpha value is 0.430. The van der Waals surface area contributed by atoms with E-state index in [0.717, 1.165) is 12.6 Å². The first-order valence-electron chi connectivity index (χ1n) is 2.04. The van der Waals surface area contributed by atoms with Crippen LogP contribution in [0.25, 0.3) is 0 Å². The third-order valence-electron chi connectivity index (χ3n) is 0.482. The van der Waals surface area contributed by atoms with E-state index in [0.29, 0.717) is 0 Å². The molecule has 0 rings (SSSR count). The van der Waals surface area contributed by atoms with E-state index in [1.807, 2.05) is 0 Å². The van der Waals surface area contributed by atoms with Crippen LogP contribution in [-0.4, -0.2) is 20.7 Å². The molecular formula is C3H7B2P. The molecule has 30 valence electrons. The molecule has 1 atom stereocenters. The van der Waals surface area contributed by atoms with Crippen molar-refractivity contribution in [2.45, 2.75) is 13.3 Å². The predicted octanol–water partition coefficient (Wildman–Crippen LogP) is 1.05. The standard InChI is InChI=1S/C3H7B2P/c1-2-3-6(4)5/h2-3H2,1H3. The molecule has 6 heavy (non-hydrogen) atoms. The number of rotatable bonds is 1. The summed E-state index contributed by atoms with van der Waals surface area (Å²) in [5.41, 5.74) is 0. The van der Waals surface area contributed by atoms with E-state index in [1.165, 1.54) is 0 Å². The van der Waals surface area contributed by atoms with Gasteiger partial charge in [-0.1, -0.05) is 0 Å². The molecule has 0 N–H and O–H groups in total. The van der Waals surface area contributed by atoms with Crippen molar-refractivity contribution in [1.82, 2.24) is 0 Å². The molecule has 3 heteroatoms. The van der Waals surface area contributed by atoms with Crippen molar-refractivity contribution in [2.75, 3.05) is 6.16 Å². The van der Waals surface area contributed by atoms with E-state index in [2.05, 4.69) is 6.92 Å². The summed E-state index contributed by atoms with van der Waals surface area (Å²) in [4.78, 5) is 0. The van der Waals surface area contributed by atoms with E-state index < -0.39 is 7.12 Å². The number of hydrogen-bond donors (Lipinski definition) is 0. The monoisotopic (exact) mass is 96.0 g/mol. The molecule has 0 aromatic carbocycles. The maximum atomic E-state index is 5.25. The first kappa shape index (κ1) is 6.43. The average Bonchev–Trinajstić information content (AvgIpc) is 1.35. The Bertz CT molecular complexity index is 80.5. The first-order chi connectivity index (χ1) is 2.77. The molecule has 0 saturated carbocycles. The zero-order valence-electron chi connectivity index (χ0n) is 4.02. The average molecular weight is 95.7 g/mol. The van der Waals surface area contributed by atoms with Crippen LogP contribution in [0.4, 0.5) is 0 Å². The van der Waals surface area contributed by atoms with Crippen LogP contribution in [0.1, 0.15) is 13.3 Å². The van der Waals surface area contributed by atoms with Crippen molar-refractivity contribution in [3.8, 4) is 0 Å². The van der Waals surface area contributed by atoms with Gasteiger partial charge in [0.25, 0.3) is 0 Å². The number of hydrogen-bond acceptors (Lipinski definition) is 0. The molecule has 0 bridgehead atoms. The van der Waals surface area contributed by atoms with Gasteiger partial charge < -0.3 is 0 Å². The summed E-state index contributed by atoms with van der Waals surface area (Å²) in [5.74, 6) is 0. The molecule has 1 unspecified atom stereocenters. The van der Waals surface area contributed by atoms with Crippen LogP contribution in [-0.2, 0) is 0 Å². The Kier molecular flexibility index (Phi) is 3.87. The predicted molar refractivity (Wildman–Crippen MR) is 33.6 cm³/mol. The minimum atomic E-state index is -0.601. The van der Waals surface area contributed by atoms with Crippen LogP contribution in [0.5, 0.6) is 0 Å². The zero-order valence-corrected chi connectivity index (χ0v) is 4.91. The van der Waals surface area contributed by atoms with Crippen LogP contribution >= 0.6 is 7.12 Å².